The number of anilines is 3. The van der Waals surface area contributed by atoms with E-state index < -0.39 is 0 Å². The summed E-state index contributed by atoms with van der Waals surface area (Å²) in [5.41, 5.74) is 1.87. The van der Waals surface area contributed by atoms with Crippen molar-refractivity contribution in [2.24, 2.45) is 0 Å². The molecule has 1 unspecified atom stereocenters. The van der Waals surface area contributed by atoms with Gasteiger partial charge in [-0.3, -0.25) is 0 Å². The summed E-state index contributed by atoms with van der Waals surface area (Å²) in [4.78, 5) is 16.5. The fraction of sp³-hybridized carbons (Fsp3) is 0.385. The summed E-state index contributed by atoms with van der Waals surface area (Å²) >= 11 is 0. The Morgan fingerprint density at radius 2 is 1.63 bits per heavy atom. The van der Waals surface area contributed by atoms with Gasteiger partial charge in [0, 0.05) is 44.4 Å². The van der Waals surface area contributed by atoms with Gasteiger partial charge in [0.05, 0.1) is 25.4 Å². The molecule has 1 aromatic heterocycles. The molecule has 2 saturated heterocycles. The standard InChI is InChI=1S/C26H30FN5O2.ClH/c1-34-23-7-3-2-6-22(23)30-13-15-31(16-14-30)24-17-25(32-12-4-5-21(32)18-33)29-26(28-24)19-8-10-20(27)11-9-19;/h2-3,6-11,17,21,33H,4-5,12-16,18H2,1H3;1H. The lowest BCUT2D eigenvalue weighted by molar-refractivity contribution is 0.266. The van der Waals surface area contributed by atoms with Crippen molar-refractivity contribution in [2.75, 3.05) is 61.1 Å². The molecule has 2 fully saturated rings. The lowest BCUT2D eigenvalue weighted by atomic mass is 10.2. The number of halogens is 2. The van der Waals surface area contributed by atoms with Crippen molar-refractivity contribution in [2.45, 2.75) is 18.9 Å². The average Bonchev–Trinajstić information content (AvgIpc) is 3.38. The summed E-state index contributed by atoms with van der Waals surface area (Å²) < 4.78 is 19.1. The Labute approximate surface area is 211 Å². The van der Waals surface area contributed by atoms with Crippen LogP contribution in [0.15, 0.2) is 54.6 Å². The predicted octanol–water partition coefficient (Wildman–Crippen LogP) is 4.00. The molecule has 2 aliphatic heterocycles. The summed E-state index contributed by atoms with van der Waals surface area (Å²) in [7, 11) is 1.70. The molecule has 35 heavy (non-hydrogen) atoms. The molecule has 186 valence electrons. The van der Waals surface area contributed by atoms with Crippen molar-refractivity contribution in [3.05, 3.63) is 60.4 Å². The van der Waals surface area contributed by atoms with Gasteiger partial charge in [-0.2, -0.15) is 0 Å². The van der Waals surface area contributed by atoms with Crippen LogP contribution in [0.2, 0.25) is 0 Å². The van der Waals surface area contributed by atoms with Crippen LogP contribution < -0.4 is 19.4 Å². The minimum Gasteiger partial charge on any atom is -0.495 e. The van der Waals surface area contributed by atoms with Gasteiger partial charge >= 0.3 is 0 Å². The maximum atomic E-state index is 13.5. The van der Waals surface area contributed by atoms with Gasteiger partial charge in [-0.05, 0) is 49.2 Å². The van der Waals surface area contributed by atoms with Gasteiger partial charge in [0.15, 0.2) is 5.82 Å². The first kappa shape index (κ1) is 25.0. The molecular formula is C26H31ClFN5O2. The normalized spacial score (nSPS) is 17.9. The second-order valence-corrected chi connectivity index (χ2v) is 8.73. The topological polar surface area (TPSA) is 65.0 Å². The molecular weight excluding hydrogens is 469 g/mol. The zero-order chi connectivity index (χ0) is 23.5. The highest BCUT2D eigenvalue weighted by molar-refractivity contribution is 5.85. The molecule has 0 amide bonds. The van der Waals surface area contributed by atoms with Gasteiger partial charge in [0.1, 0.15) is 23.2 Å². The van der Waals surface area contributed by atoms with Crippen LogP contribution in [0.3, 0.4) is 0 Å². The third-order valence-corrected chi connectivity index (χ3v) is 6.71. The van der Waals surface area contributed by atoms with E-state index in [0.717, 1.165) is 74.2 Å². The van der Waals surface area contributed by atoms with Gasteiger partial charge in [-0.25, -0.2) is 14.4 Å². The molecule has 9 heteroatoms. The molecule has 5 rings (SSSR count). The van der Waals surface area contributed by atoms with Crippen molar-refractivity contribution in [1.29, 1.82) is 0 Å². The lowest BCUT2D eigenvalue weighted by Gasteiger charge is -2.37. The van der Waals surface area contributed by atoms with Crippen LogP contribution in [0.5, 0.6) is 5.75 Å². The summed E-state index contributed by atoms with van der Waals surface area (Å²) in [5, 5.41) is 9.86. The molecule has 7 nitrogen and oxygen atoms in total. The van der Waals surface area contributed by atoms with E-state index in [2.05, 4.69) is 20.8 Å². The molecule has 0 radical (unpaired) electrons. The Hall–Kier alpha value is -3.10. The number of para-hydroxylation sites is 2. The van der Waals surface area contributed by atoms with Crippen LogP contribution in [0.25, 0.3) is 11.4 Å². The molecule has 0 bridgehead atoms. The van der Waals surface area contributed by atoms with Crippen LogP contribution in [0.1, 0.15) is 12.8 Å². The van der Waals surface area contributed by atoms with Crippen molar-refractivity contribution in [3.63, 3.8) is 0 Å². The van der Waals surface area contributed by atoms with Crippen LogP contribution in [-0.2, 0) is 0 Å². The van der Waals surface area contributed by atoms with Crippen LogP contribution in [-0.4, -0.2) is 67.6 Å². The monoisotopic (exact) mass is 499 g/mol. The maximum absolute atomic E-state index is 13.5. The van der Waals surface area contributed by atoms with E-state index in [1.165, 1.54) is 12.1 Å². The number of aliphatic hydroxyl groups is 1. The molecule has 0 aliphatic carbocycles. The van der Waals surface area contributed by atoms with Crippen molar-refractivity contribution in [1.82, 2.24) is 9.97 Å². The van der Waals surface area contributed by atoms with Crippen LogP contribution in [0, 0.1) is 5.82 Å². The van der Waals surface area contributed by atoms with Crippen molar-refractivity contribution >= 4 is 29.7 Å². The second kappa shape index (κ2) is 11.1. The highest BCUT2D eigenvalue weighted by Gasteiger charge is 2.27. The fourth-order valence-electron chi connectivity index (χ4n) is 4.85. The smallest absolute Gasteiger partial charge is 0.163 e. The number of benzene rings is 2. The number of aliphatic hydroxyl groups excluding tert-OH is 1. The molecule has 2 aromatic carbocycles. The Kier molecular flexibility index (Phi) is 7.93. The number of ether oxygens (including phenoxy) is 1. The number of hydrogen-bond donors (Lipinski definition) is 1. The van der Waals surface area contributed by atoms with Gasteiger partial charge in [-0.1, -0.05) is 12.1 Å². The number of aromatic nitrogens is 2. The van der Waals surface area contributed by atoms with Crippen LogP contribution in [0.4, 0.5) is 21.7 Å². The highest BCUT2D eigenvalue weighted by Crippen LogP contribution is 2.32. The zero-order valence-corrected chi connectivity index (χ0v) is 20.6. The Morgan fingerprint density at radius 1 is 0.943 bits per heavy atom. The average molecular weight is 500 g/mol. The Morgan fingerprint density at radius 3 is 2.34 bits per heavy atom. The summed E-state index contributed by atoms with van der Waals surface area (Å²) in [6.07, 6.45) is 1.97. The number of rotatable bonds is 6. The molecule has 3 heterocycles. The summed E-state index contributed by atoms with van der Waals surface area (Å²) in [6.45, 7) is 4.25. The quantitative estimate of drug-likeness (QED) is 0.550. The van der Waals surface area contributed by atoms with E-state index in [1.54, 1.807) is 19.2 Å². The van der Waals surface area contributed by atoms with E-state index >= 15 is 0 Å². The molecule has 0 saturated carbocycles. The lowest BCUT2D eigenvalue weighted by Crippen LogP contribution is -2.47. The fourth-order valence-corrected chi connectivity index (χ4v) is 4.85. The minimum absolute atomic E-state index is 0. The van der Waals surface area contributed by atoms with E-state index in [-0.39, 0.29) is 30.9 Å². The maximum Gasteiger partial charge on any atom is 0.163 e. The van der Waals surface area contributed by atoms with Crippen LogP contribution >= 0.6 is 12.4 Å². The Balaban J connectivity index is 0.00000289. The second-order valence-electron chi connectivity index (χ2n) is 8.73. The van der Waals surface area contributed by atoms with E-state index in [4.69, 9.17) is 14.7 Å². The zero-order valence-electron chi connectivity index (χ0n) is 19.8. The number of methoxy groups -OCH3 is 1. The highest BCUT2D eigenvalue weighted by atomic mass is 35.5. The first-order valence-corrected chi connectivity index (χ1v) is 11.8. The minimum atomic E-state index is -0.285. The first-order chi connectivity index (χ1) is 16.7. The number of hydrogen-bond acceptors (Lipinski definition) is 7. The predicted molar refractivity (Wildman–Crippen MR) is 140 cm³/mol. The SMILES string of the molecule is COc1ccccc1N1CCN(c2cc(N3CCCC3CO)nc(-c3ccc(F)cc3)n2)CC1.Cl. The molecule has 1 N–H and O–H groups in total. The van der Waals surface area contributed by atoms with E-state index in [0.29, 0.717) is 5.82 Å². The Bertz CT molecular complexity index is 1120. The third-order valence-electron chi connectivity index (χ3n) is 6.71. The largest absolute Gasteiger partial charge is 0.495 e. The molecule has 2 aliphatic rings. The first-order valence-electron chi connectivity index (χ1n) is 11.8. The van der Waals surface area contributed by atoms with Crippen molar-refractivity contribution in [3.8, 4) is 17.1 Å². The van der Waals surface area contributed by atoms with Gasteiger partial charge < -0.3 is 24.5 Å². The van der Waals surface area contributed by atoms with Gasteiger partial charge in [0.25, 0.3) is 0 Å². The van der Waals surface area contributed by atoms with E-state index in [9.17, 15) is 9.50 Å². The van der Waals surface area contributed by atoms with Crippen molar-refractivity contribution < 1.29 is 14.2 Å². The summed E-state index contributed by atoms with van der Waals surface area (Å²) in [6, 6.07) is 16.5. The van der Waals surface area contributed by atoms with Gasteiger partial charge in [-0.15, -0.1) is 12.4 Å². The number of nitrogens with zero attached hydrogens (tertiary/aromatic N) is 5. The number of piperazine rings is 1. The molecule has 1 atom stereocenters. The van der Waals surface area contributed by atoms with Gasteiger partial charge in [0.2, 0.25) is 0 Å². The molecule has 0 spiro atoms. The summed E-state index contributed by atoms with van der Waals surface area (Å²) in [5.74, 6) is 2.83. The van der Waals surface area contributed by atoms with E-state index in [1.807, 2.05) is 24.3 Å². The molecule has 3 aromatic rings. The third kappa shape index (κ3) is 5.28.